The Balaban J connectivity index is 0.00000722. The summed E-state index contributed by atoms with van der Waals surface area (Å²) in [5.41, 5.74) is 0.203. The zero-order valence-corrected chi connectivity index (χ0v) is 29.5. The van der Waals surface area contributed by atoms with E-state index in [0.717, 1.165) is 25.3 Å². The van der Waals surface area contributed by atoms with Gasteiger partial charge >= 0.3 is 59.1 Å². The fourth-order valence-corrected chi connectivity index (χ4v) is 5.83. The molecule has 0 aromatic heterocycles. The molecule has 7 nitrogen and oxygen atoms in total. The van der Waals surface area contributed by atoms with Crippen molar-refractivity contribution in [2.75, 3.05) is 0 Å². The molecule has 0 amide bonds. The molecule has 0 radical (unpaired) electrons. The molecule has 0 spiro atoms. The molecular weight excluding hydrogens is 558 g/mol. The molecule has 11 heteroatoms. The van der Waals surface area contributed by atoms with Gasteiger partial charge in [-0.15, -0.1) is 0 Å². The Morgan fingerprint density at radius 1 is 0.564 bits per heavy atom. The summed E-state index contributed by atoms with van der Waals surface area (Å²) < 4.78 is 76.1. The SMILES string of the molecule is CCCCCCCCCCCCCCCCc1c(Oc2ccccc2S(=O)(=O)[O-])cccc1S(=O)(=O)[O-].[Na+].[Na+]. The van der Waals surface area contributed by atoms with E-state index < -0.39 is 25.1 Å². The van der Waals surface area contributed by atoms with Crippen molar-refractivity contribution in [3.63, 3.8) is 0 Å². The zero-order valence-electron chi connectivity index (χ0n) is 23.8. The summed E-state index contributed by atoms with van der Waals surface area (Å²) in [6, 6.07) is 9.41. The van der Waals surface area contributed by atoms with Crippen molar-refractivity contribution in [2.24, 2.45) is 0 Å². The van der Waals surface area contributed by atoms with Crippen LogP contribution in [0.25, 0.3) is 0 Å². The molecule has 2 aromatic carbocycles. The molecule has 2 aromatic rings. The molecule has 0 saturated carbocycles. The third kappa shape index (κ3) is 15.2. The number of ether oxygens (including phenoxy) is 1. The molecule has 0 aliphatic heterocycles. The fraction of sp³-hybridized carbons (Fsp3) is 0.571. The van der Waals surface area contributed by atoms with Crippen LogP contribution >= 0.6 is 0 Å². The summed E-state index contributed by atoms with van der Waals surface area (Å²) >= 11 is 0. The number of unbranched alkanes of at least 4 members (excludes halogenated alkanes) is 13. The van der Waals surface area contributed by atoms with Gasteiger partial charge in [-0.05, 0) is 37.1 Å². The minimum Gasteiger partial charge on any atom is -0.744 e. The number of rotatable bonds is 19. The summed E-state index contributed by atoms with van der Waals surface area (Å²) in [6.45, 7) is 2.23. The number of benzene rings is 2. The third-order valence-corrected chi connectivity index (χ3v) is 8.28. The van der Waals surface area contributed by atoms with Crippen molar-refractivity contribution in [1.82, 2.24) is 0 Å². The molecule has 0 atom stereocenters. The van der Waals surface area contributed by atoms with Gasteiger partial charge < -0.3 is 13.8 Å². The Morgan fingerprint density at radius 2 is 0.974 bits per heavy atom. The Labute approximate surface area is 280 Å². The standard InChI is InChI=1S/C28H42O7S2.2Na/c1-2-3-4-5-6-7-8-9-10-11-12-13-14-15-19-24-25(21-18-23-27(24)36(29,30)31)35-26-20-16-17-22-28(26)37(32,33)34;;/h16-18,20-23H,2-15,19H2,1H3,(H,29,30,31)(H,32,33,34);;/q;2*+1/p-2. The van der Waals surface area contributed by atoms with E-state index in [2.05, 4.69) is 6.92 Å². The molecule has 0 aliphatic carbocycles. The maximum Gasteiger partial charge on any atom is 1.00 e. The normalized spacial score (nSPS) is 11.5. The monoisotopic (exact) mass is 598 g/mol. The second-order valence-electron chi connectivity index (χ2n) is 9.54. The van der Waals surface area contributed by atoms with Crippen LogP contribution in [0.15, 0.2) is 52.3 Å². The van der Waals surface area contributed by atoms with Gasteiger partial charge in [-0.3, -0.25) is 0 Å². The van der Waals surface area contributed by atoms with E-state index in [-0.39, 0.29) is 87.5 Å². The van der Waals surface area contributed by atoms with Gasteiger partial charge in [0.25, 0.3) is 0 Å². The zero-order chi connectivity index (χ0) is 27.2. The quantitative estimate of drug-likeness (QED) is 0.136. The number of hydrogen-bond donors (Lipinski definition) is 0. The van der Waals surface area contributed by atoms with Crippen molar-refractivity contribution in [1.29, 1.82) is 0 Å². The summed E-state index contributed by atoms with van der Waals surface area (Å²) in [7, 11) is -9.57. The first-order valence-corrected chi connectivity index (χ1v) is 16.3. The first kappa shape index (κ1) is 39.1. The minimum absolute atomic E-state index is 0. The van der Waals surface area contributed by atoms with Crippen LogP contribution in [0.3, 0.4) is 0 Å². The van der Waals surface area contributed by atoms with Crippen molar-refractivity contribution < 1.29 is 89.8 Å². The predicted molar refractivity (Wildman–Crippen MR) is 143 cm³/mol. The smallest absolute Gasteiger partial charge is 0.744 e. The largest absolute Gasteiger partial charge is 1.00 e. The minimum atomic E-state index is -4.80. The molecule has 0 saturated heterocycles. The van der Waals surface area contributed by atoms with E-state index >= 15 is 0 Å². The van der Waals surface area contributed by atoms with Crippen LogP contribution in [0.4, 0.5) is 0 Å². The number of para-hydroxylation sites is 1. The summed E-state index contributed by atoms with van der Waals surface area (Å²) in [6.07, 6.45) is 16.9. The van der Waals surface area contributed by atoms with Crippen LogP contribution in [-0.4, -0.2) is 25.9 Å². The maximum atomic E-state index is 11.9. The fourth-order valence-electron chi connectivity index (χ4n) is 4.48. The van der Waals surface area contributed by atoms with Gasteiger partial charge in [-0.25, -0.2) is 16.8 Å². The first-order chi connectivity index (χ1) is 17.6. The summed E-state index contributed by atoms with van der Waals surface area (Å²) in [4.78, 5) is -0.935. The first-order valence-electron chi connectivity index (χ1n) is 13.4. The second kappa shape index (κ2) is 20.9. The topological polar surface area (TPSA) is 124 Å². The van der Waals surface area contributed by atoms with Crippen LogP contribution in [0.5, 0.6) is 11.5 Å². The van der Waals surface area contributed by atoms with Gasteiger partial charge in [-0.2, -0.15) is 0 Å². The Bertz CT molecular complexity index is 1170. The average Bonchev–Trinajstić information content (AvgIpc) is 2.84. The second-order valence-corrected chi connectivity index (χ2v) is 12.2. The van der Waals surface area contributed by atoms with Gasteiger partial charge in [0.15, 0.2) is 0 Å². The van der Waals surface area contributed by atoms with Crippen molar-refractivity contribution in [3.8, 4) is 11.5 Å². The van der Waals surface area contributed by atoms with Crippen LogP contribution in [-0.2, 0) is 26.7 Å². The van der Waals surface area contributed by atoms with Crippen LogP contribution in [0.1, 0.15) is 102 Å². The van der Waals surface area contributed by atoms with E-state index in [0.29, 0.717) is 6.42 Å². The van der Waals surface area contributed by atoms with Crippen molar-refractivity contribution >= 4 is 20.2 Å². The predicted octanol–water partition coefficient (Wildman–Crippen LogP) is 1.32. The van der Waals surface area contributed by atoms with Crippen LogP contribution in [0, 0.1) is 0 Å². The Kier molecular flexibility index (Phi) is 20.9. The van der Waals surface area contributed by atoms with E-state index in [1.54, 1.807) is 0 Å². The van der Waals surface area contributed by atoms with Crippen molar-refractivity contribution in [3.05, 3.63) is 48.0 Å². The Morgan fingerprint density at radius 3 is 1.46 bits per heavy atom. The Hall–Kier alpha value is 0.0600. The van der Waals surface area contributed by atoms with Gasteiger partial charge in [0.05, 0.1) is 9.79 Å². The molecule has 0 heterocycles. The average molecular weight is 599 g/mol. The third-order valence-electron chi connectivity index (χ3n) is 6.48. The van der Waals surface area contributed by atoms with E-state index in [9.17, 15) is 25.9 Å². The molecule has 0 bridgehead atoms. The van der Waals surface area contributed by atoms with Crippen LogP contribution in [0.2, 0.25) is 0 Å². The van der Waals surface area contributed by atoms with Crippen LogP contribution < -0.4 is 63.9 Å². The molecule has 0 aliphatic rings. The van der Waals surface area contributed by atoms with Gasteiger partial charge in [0.1, 0.15) is 31.7 Å². The summed E-state index contributed by atoms with van der Waals surface area (Å²) in [5.74, 6) is -0.150. The molecule has 39 heavy (non-hydrogen) atoms. The van der Waals surface area contributed by atoms with Gasteiger partial charge in [-0.1, -0.05) is 109 Å². The van der Waals surface area contributed by atoms with Gasteiger partial charge in [0.2, 0.25) is 0 Å². The molecule has 0 N–H and O–H groups in total. The van der Waals surface area contributed by atoms with E-state index in [1.165, 1.54) is 101 Å². The molecular formula is C28H40Na2O7S2. The molecule has 2 rings (SSSR count). The molecule has 208 valence electrons. The maximum absolute atomic E-state index is 11.9. The van der Waals surface area contributed by atoms with E-state index in [1.807, 2.05) is 0 Å². The van der Waals surface area contributed by atoms with Crippen molar-refractivity contribution in [2.45, 2.75) is 113 Å². The summed E-state index contributed by atoms with van der Waals surface area (Å²) in [5, 5.41) is 0. The van der Waals surface area contributed by atoms with Gasteiger partial charge in [0, 0.05) is 5.56 Å². The van der Waals surface area contributed by atoms with E-state index in [4.69, 9.17) is 4.74 Å². The number of hydrogen-bond acceptors (Lipinski definition) is 7. The molecule has 0 unspecified atom stereocenters. The molecule has 0 fully saturated rings.